The fourth-order valence-electron chi connectivity index (χ4n) is 1.69. The molecule has 92 valence electrons. The Morgan fingerprint density at radius 1 is 1.17 bits per heavy atom. The maximum Gasteiger partial charge on any atom is 0.161 e. The van der Waals surface area contributed by atoms with Crippen LogP contribution in [-0.4, -0.2) is 5.78 Å². The molecule has 0 radical (unpaired) electrons. The molecule has 2 N–H and O–H groups in total. The summed E-state index contributed by atoms with van der Waals surface area (Å²) in [5.74, 6) is 0.628. The van der Waals surface area contributed by atoms with Crippen molar-refractivity contribution in [2.24, 2.45) is 0 Å². The Kier molecular flexibility index (Phi) is 3.63. The van der Waals surface area contributed by atoms with Crippen LogP contribution >= 0.6 is 0 Å². The second-order valence-corrected chi connectivity index (χ2v) is 4.08. The van der Waals surface area contributed by atoms with Crippen LogP contribution in [0, 0.1) is 0 Å². The number of carbonyl (C=O) groups is 1. The summed E-state index contributed by atoms with van der Waals surface area (Å²) in [6, 6.07) is 15.0. The van der Waals surface area contributed by atoms with Crippen LogP contribution in [0.25, 0.3) is 0 Å². The molecule has 0 aliphatic rings. The monoisotopic (exact) mass is 241 g/mol. The summed E-state index contributed by atoms with van der Waals surface area (Å²) in [5, 5.41) is 0. The van der Waals surface area contributed by atoms with Crippen LogP contribution in [0.5, 0.6) is 5.75 Å². The summed E-state index contributed by atoms with van der Waals surface area (Å²) in [5.41, 5.74) is 7.86. The van der Waals surface area contributed by atoms with E-state index >= 15 is 0 Å². The van der Waals surface area contributed by atoms with Gasteiger partial charge in [-0.3, -0.25) is 4.79 Å². The summed E-state index contributed by atoms with van der Waals surface area (Å²) in [7, 11) is 0. The van der Waals surface area contributed by atoms with Crippen LogP contribution < -0.4 is 10.5 Å². The molecule has 3 heteroatoms. The Hall–Kier alpha value is -2.29. The topological polar surface area (TPSA) is 52.3 Å². The highest BCUT2D eigenvalue weighted by atomic mass is 16.5. The highest BCUT2D eigenvalue weighted by molar-refractivity contribution is 5.99. The van der Waals surface area contributed by atoms with Crippen molar-refractivity contribution in [3.63, 3.8) is 0 Å². The van der Waals surface area contributed by atoms with E-state index in [2.05, 4.69) is 0 Å². The van der Waals surface area contributed by atoms with Gasteiger partial charge in [-0.05, 0) is 24.6 Å². The number of nitrogen functional groups attached to an aromatic ring is 1. The third kappa shape index (κ3) is 2.88. The molecule has 2 aromatic rings. The van der Waals surface area contributed by atoms with Crippen molar-refractivity contribution >= 4 is 11.5 Å². The first-order valence-corrected chi connectivity index (χ1v) is 5.74. The van der Waals surface area contributed by atoms with Crippen LogP contribution in [0.3, 0.4) is 0 Å². The summed E-state index contributed by atoms with van der Waals surface area (Å²) < 4.78 is 5.62. The average Bonchev–Trinajstić information content (AvgIpc) is 2.37. The highest BCUT2D eigenvalue weighted by Gasteiger charge is 2.05. The van der Waals surface area contributed by atoms with E-state index in [9.17, 15) is 4.79 Å². The number of carbonyl (C=O) groups excluding carboxylic acids is 1. The number of ether oxygens (including phenoxy) is 1. The van der Waals surface area contributed by atoms with Crippen molar-refractivity contribution in [3.05, 3.63) is 59.7 Å². The third-order valence-electron chi connectivity index (χ3n) is 2.65. The maximum atomic E-state index is 11.2. The van der Waals surface area contributed by atoms with Gasteiger partial charge in [0.05, 0.1) is 0 Å². The minimum atomic E-state index is -0.0397. The van der Waals surface area contributed by atoms with E-state index in [0.717, 1.165) is 5.56 Å². The predicted molar refractivity (Wildman–Crippen MR) is 71.6 cm³/mol. The summed E-state index contributed by atoms with van der Waals surface area (Å²) in [6.07, 6.45) is 0. The van der Waals surface area contributed by atoms with Gasteiger partial charge in [-0.2, -0.15) is 0 Å². The van der Waals surface area contributed by atoms with Crippen LogP contribution in [0.4, 0.5) is 5.69 Å². The second-order valence-electron chi connectivity index (χ2n) is 4.08. The second kappa shape index (κ2) is 5.36. The Morgan fingerprint density at radius 2 is 1.89 bits per heavy atom. The molecule has 18 heavy (non-hydrogen) atoms. The zero-order valence-electron chi connectivity index (χ0n) is 10.2. The van der Waals surface area contributed by atoms with Crippen LogP contribution in [-0.2, 0) is 6.61 Å². The van der Waals surface area contributed by atoms with Crippen molar-refractivity contribution in [2.75, 3.05) is 5.73 Å². The Bertz CT molecular complexity index is 550. The molecule has 2 aromatic carbocycles. The molecule has 2 rings (SSSR count). The van der Waals surface area contributed by atoms with Gasteiger partial charge in [0.2, 0.25) is 0 Å². The van der Waals surface area contributed by atoms with Gasteiger partial charge in [-0.25, -0.2) is 0 Å². The molecule has 0 aliphatic heterocycles. The van der Waals surface area contributed by atoms with Gasteiger partial charge in [-0.1, -0.05) is 30.3 Å². The van der Waals surface area contributed by atoms with Crippen molar-refractivity contribution in [1.82, 2.24) is 0 Å². The predicted octanol–water partition coefficient (Wildman–Crippen LogP) is 3.05. The number of hydrogen-bond acceptors (Lipinski definition) is 3. The number of benzene rings is 2. The van der Waals surface area contributed by atoms with Gasteiger partial charge in [0.1, 0.15) is 12.4 Å². The number of hydrogen-bond donors (Lipinski definition) is 1. The zero-order valence-corrected chi connectivity index (χ0v) is 10.2. The van der Waals surface area contributed by atoms with Gasteiger partial charge in [-0.15, -0.1) is 0 Å². The number of anilines is 1. The number of rotatable bonds is 4. The Morgan fingerprint density at radius 3 is 2.50 bits per heavy atom. The quantitative estimate of drug-likeness (QED) is 0.661. The maximum absolute atomic E-state index is 11.2. The molecule has 0 atom stereocenters. The van der Waals surface area contributed by atoms with E-state index in [1.165, 1.54) is 6.92 Å². The molecule has 0 bridgehead atoms. The summed E-state index contributed by atoms with van der Waals surface area (Å²) in [4.78, 5) is 11.2. The zero-order chi connectivity index (χ0) is 13.0. The van der Waals surface area contributed by atoms with Gasteiger partial charge in [0.25, 0.3) is 0 Å². The lowest BCUT2D eigenvalue weighted by atomic mass is 10.1. The van der Waals surface area contributed by atoms with E-state index in [4.69, 9.17) is 10.5 Å². The van der Waals surface area contributed by atoms with E-state index in [1.807, 2.05) is 30.3 Å². The lowest BCUT2D eigenvalue weighted by molar-refractivity contribution is 0.101. The Labute approximate surface area is 106 Å². The largest absolute Gasteiger partial charge is 0.489 e. The van der Waals surface area contributed by atoms with Gasteiger partial charge in [0.15, 0.2) is 5.78 Å². The lowest BCUT2D eigenvalue weighted by Gasteiger charge is -2.08. The average molecular weight is 241 g/mol. The van der Waals surface area contributed by atoms with Crippen LogP contribution in [0.1, 0.15) is 22.8 Å². The smallest absolute Gasteiger partial charge is 0.161 e. The number of ketones is 1. The van der Waals surface area contributed by atoms with Crippen molar-refractivity contribution in [3.8, 4) is 5.75 Å². The van der Waals surface area contributed by atoms with Crippen molar-refractivity contribution in [2.45, 2.75) is 13.5 Å². The van der Waals surface area contributed by atoms with Crippen LogP contribution in [0.2, 0.25) is 0 Å². The molecule has 0 fully saturated rings. The van der Waals surface area contributed by atoms with Crippen molar-refractivity contribution < 1.29 is 9.53 Å². The van der Waals surface area contributed by atoms with E-state index in [0.29, 0.717) is 23.6 Å². The third-order valence-corrected chi connectivity index (χ3v) is 2.65. The van der Waals surface area contributed by atoms with Crippen molar-refractivity contribution in [1.29, 1.82) is 0 Å². The highest BCUT2D eigenvalue weighted by Crippen LogP contribution is 2.21. The van der Waals surface area contributed by atoms with E-state index < -0.39 is 0 Å². The van der Waals surface area contributed by atoms with Crippen LogP contribution in [0.15, 0.2) is 48.5 Å². The molecule has 3 nitrogen and oxygen atoms in total. The van der Waals surface area contributed by atoms with E-state index in [1.54, 1.807) is 18.2 Å². The fraction of sp³-hybridized carbons (Fsp3) is 0.133. The minimum absolute atomic E-state index is 0.0397. The summed E-state index contributed by atoms with van der Waals surface area (Å²) >= 11 is 0. The molecule has 0 heterocycles. The first-order chi connectivity index (χ1) is 8.66. The molecular weight excluding hydrogens is 226 g/mol. The first-order valence-electron chi connectivity index (χ1n) is 5.74. The molecule has 0 aromatic heterocycles. The van der Waals surface area contributed by atoms with Gasteiger partial charge in [0, 0.05) is 17.3 Å². The van der Waals surface area contributed by atoms with E-state index in [-0.39, 0.29) is 5.78 Å². The normalized spacial score (nSPS) is 10.1. The lowest BCUT2D eigenvalue weighted by Crippen LogP contribution is -2.01. The SMILES string of the molecule is CC(=O)c1ccc(OCc2ccccc2)cc1N. The summed E-state index contributed by atoms with van der Waals surface area (Å²) in [6.45, 7) is 1.98. The molecule has 0 unspecified atom stereocenters. The molecule has 0 saturated heterocycles. The molecule has 0 aliphatic carbocycles. The molecule has 0 saturated carbocycles. The standard InChI is InChI=1S/C15H15NO2/c1-11(17)14-8-7-13(9-15(14)16)18-10-12-5-3-2-4-6-12/h2-9H,10,16H2,1H3. The molecule has 0 amide bonds. The first kappa shape index (κ1) is 12.2. The molecule has 0 spiro atoms. The number of nitrogens with two attached hydrogens (primary N) is 1. The molecular formula is C15H15NO2. The Balaban J connectivity index is 2.07. The minimum Gasteiger partial charge on any atom is -0.489 e. The van der Waals surface area contributed by atoms with Gasteiger partial charge < -0.3 is 10.5 Å². The fourth-order valence-corrected chi connectivity index (χ4v) is 1.69. The number of Topliss-reactive ketones (excluding diaryl/α,β-unsaturated/α-hetero) is 1. The van der Waals surface area contributed by atoms with Gasteiger partial charge >= 0.3 is 0 Å².